The predicted molar refractivity (Wildman–Crippen MR) is 112 cm³/mol. The lowest BCUT2D eigenvalue weighted by Gasteiger charge is -2.34. The van der Waals surface area contributed by atoms with Gasteiger partial charge in [0.2, 0.25) is 0 Å². The summed E-state index contributed by atoms with van der Waals surface area (Å²) in [6, 6.07) is 19.2. The Balaban J connectivity index is 1.35. The number of nitrogens with one attached hydrogen (secondary N) is 1. The second-order valence-electron chi connectivity index (χ2n) is 7.79. The molecule has 0 radical (unpaired) electrons. The van der Waals surface area contributed by atoms with E-state index in [1.54, 1.807) is 0 Å². The van der Waals surface area contributed by atoms with Crippen LogP contribution in [0, 0.1) is 0 Å². The molecule has 1 aliphatic rings. The van der Waals surface area contributed by atoms with E-state index >= 15 is 0 Å². The molecule has 0 amide bonds. The van der Waals surface area contributed by atoms with Gasteiger partial charge in [0, 0.05) is 12.1 Å². The average molecular weight is 379 g/mol. The van der Waals surface area contributed by atoms with Gasteiger partial charge in [0.15, 0.2) is 0 Å². The molecule has 148 valence electrons. The van der Waals surface area contributed by atoms with Gasteiger partial charge in [-0.05, 0) is 61.6 Å². The van der Waals surface area contributed by atoms with Gasteiger partial charge in [-0.3, -0.25) is 0 Å². The first-order chi connectivity index (χ1) is 13.5. The molecule has 2 aromatic carbocycles. The highest BCUT2D eigenvalue weighted by molar-refractivity contribution is 5.81. The van der Waals surface area contributed by atoms with Crippen LogP contribution in [0.15, 0.2) is 66.9 Å². The summed E-state index contributed by atoms with van der Waals surface area (Å²) in [6.07, 6.45) is 7.55. The van der Waals surface area contributed by atoms with Crippen molar-refractivity contribution in [1.29, 1.82) is 0 Å². The third-order valence-corrected chi connectivity index (χ3v) is 5.40. The predicted octanol–water partition coefficient (Wildman–Crippen LogP) is 4.24. The highest BCUT2D eigenvalue weighted by Gasteiger charge is 2.42. The van der Waals surface area contributed by atoms with Crippen molar-refractivity contribution in [3.05, 3.63) is 83.6 Å². The Kier molecular flexibility index (Phi) is 6.88. The summed E-state index contributed by atoms with van der Waals surface area (Å²) < 4.78 is 0. The second kappa shape index (κ2) is 9.56. The Morgan fingerprint density at radius 3 is 2.11 bits per heavy atom. The topological polar surface area (TPSA) is 64.3 Å². The molecule has 0 unspecified atom stereocenters. The number of carbonyl (C=O) groups excluding carboxylic acids is 1. The monoisotopic (exact) mass is 378 g/mol. The first kappa shape index (κ1) is 20.2. The largest absolute Gasteiger partial charge is 0.351 e. The normalized spacial score (nSPS) is 14.8. The minimum absolute atomic E-state index is 0.397. The SMILES string of the molecule is C=C(Cc1ccc(CCCCc2ccccc2)cc1)NOC(=O)C1(N)CCC1. The highest BCUT2D eigenvalue weighted by Crippen LogP contribution is 2.29. The molecule has 3 N–H and O–H groups in total. The first-order valence-corrected chi connectivity index (χ1v) is 10.1. The van der Waals surface area contributed by atoms with Crippen molar-refractivity contribution in [2.75, 3.05) is 0 Å². The summed E-state index contributed by atoms with van der Waals surface area (Å²) in [6.45, 7) is 3.93. The Hall–Kier alpha value is -2.59. The van der Waals surface area contributed by atoms with Crippen LogP contribution in [-0.4, -0.2) is 11.5 Å². The lowest BCUT2D eigenvalue weighted by Crippen LogP contribution is -2.55. The van der Waals surface area contributed by atoms with E-state index < -0.39 is 11.5 Å². The lowest BCUT2D eigenvalue weighted by molar-refractivity contribution is -0.159. The molecule has 3 rings (SSSR count). The van der Waals surface area contributed by atoms with Gasteiger partial charge < -0.3 is 10.6 Å². The van der Waals surface area contributed by atoms with E-state index in [0.717, 1.165) is 24.8 Å². The standard InChI is InChI=1S/C24H30N2O2/c1-19(26-28-23(27)24(25)16-7-17-24)18-22-14-12-21(13-15-22)11-6-5-10-20-8-3-2-4-9-20/h2-4,8-9,12-15,26H,1,5-7,10-11,16-18,25H2. The van der Waals surface area contributed by atoms with Crippen LogP contribution in [0.25, 0.3) is 0 Å². The molecule has 4 heteroatoms. The molecule has 0 saturated heterocycles. The van der Waals surface area contributed by atoms with E-state index in [2.05, 4.69) is 66.7 Å². The van der Waals surface area contributed by atoms with E-state index in [1.165, 1.54) is 24.0 Å². The van der Waals surface area contributed by atoms with E-state index in [9.17, 15) is 4.79 Å². The molecule has 0 aromatic heterocycles. The Morgan fingerprint density at radius 1 is 0.964 bits per heavy atom. The van der Waals surface area contributed by atoms with E-state index in [4.69, 9.17) is 10.6 Å². The molecule has 0 aliphatic heterocycles. The molecule has 0 heterocycles. The molecule has 1 aliphatic carbocycles. The third-order valence-electron chi connectivity index (χ3n) is 5.40. The Labute approximate surface area is 167 Å². The number of hydroxylamine groups is 1. The van der Waals surface area contributed by atoms with Gasteiger partial charge in [-0.1, -0.05) is 61.2 Å². The zero-order valence-electron chi connectivity index (χ0n) is 16.5. The summed E-state index contributed by atoms with van der Waals surface area (Å²) in [4.78, 5) is 17.0. The molecule has 0 bridgehead atoms. The van der Waals surface area contributed by atoms with Crippen LogP contribution < -0.4 is 11.2 Å². The number of unbranched alkanes of at least 4 members (excludes halogenated alkanes) is 1. The van der Waals surface area contributed by atoms with Crippen molar-refractivity contribution >= 4 is 5.97 Å². The fraction of sp³-hybridized carbons (Fsp3) is 0.375. The van der Waals surface area contributed by atoms with Crippen molar-refractivity contribution in [2.24, 2.45) is 5.73 Å². The molecular formula is C24H30N2O2. The third kappa shape index (κ3) is 5.70. The number of nitrogens with two attached hydrogens (primary N) is 1. The maximum Gasteiger partial charge on any atom is 0.351 e. The smallest absolute Gasteiger partial charge is 0.342 e. The molecule has 1 saturated carbocycles. The van der Waals surface area contributed by atoms with Crippen LogP contribution >= 0.6 is 0 Å². The maximum atomic E-state index is 11.9. The second-order valence-corrected chi connectivity index (χ2v) is 7.79. The number of hydrogen-bond donors (Lipinski definition) is 2. The van der Waals surface area contributed by atoms with E-state index in [0.29, 0.717) is 25.0 Å². The summed E-state index contributed by atoms with van der Waals surface area (Å²) in [5.41, 5.74) is 12.3. The zero-order chi connectivity index (χ0) is 19.8. The fourth-order valence-corrected chi connectivity index (χ4v) is 3.39. The average Bonchev–Trinajstić information content (AvgIpc) is 2.69. The molecule has 4 nitrogen and oxygen atoms in total. The highest BCUT2D eigenvalue weighted by atomic mass is 16.7. The van der Waals surface area contributed by atoms with Gasteiger partial charge in [-0.25, -0.2) is 10.3 Å². The molecule has 0 atom stereocenters. The van der Waals surface area contributed by atoms with E-state index in [1.807, 2.05) is 0 Å². The summed E-state index contributed by atoms with van der Waals surface area (Å²) in [5.74, 6) is -0.397. The number of carbonyl (C=O) groups is 1. The molecule has 28 heavy (non-hydrogen) atoms. The number of allylic oxidation sites excluding steroid dienone is 1. The van der Waals surface area contributed by atoms with Gasteiger partial charge in [-0.15, -0.1) is 0 Å². The van der Waals surface area contributed by atoms with Crippen LogP contribution in [0.1, 0.15) is 48.8 Å². The van der Waals surface area contributed by atoms with Crippen molar-refractivity contribution in [3.63, 3.8) is 0 Å². The Morgan fingerprint density at radius 2 is 1.54 bits per heavy atom. The summed E-state index contributed by atoms with van der Waals surface area (Å²) >= 11 is 0. The van der Waals surface area contributed by atoms with Gasteiger partial charge in [0.25, 0.3) is 0 Å². The van der Waals surface area contributed by atoms with Crippen LogP contribution in [-0.2, 0) is 28.9 Å². The number of rotatable bonds is 10. The van der Waals surface area contributed by atoms with Crippen LogP contribution in [0.4, 0.5) is 0 Å². The molecule has 1 fully saturated rings. The zero-order valence-corrected chi connectivity index (χ0v) is 16.5. The van der Waals surface area contributed by atoms with Crippen molar-refractivity contribution in [2.45, 2.75) is 56.9 Å². The van der Waals surface area contributed by atoms with Gasteiger partial charge in [0.05, 0.1) is 0 Å². The lowest BCUT2D eigenvalue weighted by atomic mass is 9.78. The van der Waals surface area contributed by atoms with Gasteiger partial charge >= 0.3 is 5.97 Å². The number of benzene rings is 2. The summed E-state index contributed by atoms with van der Waals surface area (Å²) in [5, 5.41) is 0. The number of hydrogen-bond acceptors (Lipinski definition) is 4. The van der Waals surface area contributed by atoms with Crippen molar-refractivity contribution < 1.29 is 9.63 Å². The molecular weight excluding hydrogens is 348 g/mol. The van der Waals surface area contributed by atoms with Crippen LogP contribution in [0.2, 0.25) is 0 Å². The van der Waals surface area contributed by atoms with Crippen LogP contribution in [0.5, 0.6) is 0 Å². The molecule has 2 aromatic rings. The molecule has 0 spiro atoms. The van der Waals surface area contributed by atoms with E-state index in [-0.39, 0.29) is 0 Å². The van der Waals surface area contributed by atoms with Crippen molar-refractivity contribution in [3.8, 4) is 0 Å². The minimum atomic E-state index is -0.810. The Bertz CT molecular complexity index is 780. The van der Waals surface area contributed by atoms with Crippen molar-refractivity contribution in [1.82, 2.24) is 5.48 Å². The van der Waals surface area contributed by atoms with Gasteiger partial charge in [-0.2, -0.15) is 0 Å². The maximum absolute atomic E-state index is 11.9. The first-order valence-electron chi connectivity index (χ1n) is 10.1. The van der Waals surface area contributed by atoms with Gasteiger partial charge in [0.1, 0.15) is 5.54 Å². The fourth-order valence-electron chi connectivity index (χ4n) is 3.39. The van der Waals surface area contributed by atoms with Crippen LogP contribution in [0.3, 0.4) is 0 Å². The number of aryl methyl sites for hydroxylation is 2. The summed E-state index contributed by atoms with van der Waals surface area (Å²) in [7, 11) is 0. The minimum Gasteiger partial charge on any atom is -0.342 e. The quantitative estimate of drug-likeness (QED) is 0.479.